The van der Waals surface area contributed by atoms with Crippen molar-refractivity contribution in [2.24, 2.45) is 0 Å². The highest BCUT2D eigenvalue weighted by Gasteiger charge is 2.19. The lowest BCUT2D eigenvalue weighted by Crippen LogP contribution is -2.17. The van der Waals surface area contributed by atoms with E-state index in [9.17, 15) is 14.4 Å². The number of nitrogens with zero attached hydrogens (tertiary/aromatic N) is 1. The zero-order chi connectivity index (χ0) is 21.0. The Bertz CT molecular complexity index is 1080. The number of carbonyl (C=O) groups excluding carboxylic acids is 3. The molecule has 0 spiro atoms. The minimum atomic E-state index is -0.441. The number of amides is 2. The van der Waals surface area contributed by atoms with Crippen molar-refractivity contribution in [3.05, 3.63) is 48.0 Å². The third-order valence-corrected chi connectivity index (χ3v) is 5.99. The highest BCUT2D eigenvalue weighted by atomic mass is 32.2. The lowest BCUT2D eigenvalue weighted by molar-refractivity contribution is -0.139. The van der Waals surface area contributed by atoms with Gasteiger partial charge >= 0.3 is 5.97 Å². The molecule has 29 heavy (non-hydrogen) atoms. The number of hydrogen-bond acceptors (Lipinski definition) is 7. The maximum Gasteiger partial charge on any atom is 0.318 e. The molecular weight excluding hydrogens is 410 g/mol. The minimum absolute atomic E-state index is 0.155. The number of nitrogens with one attached hydrogen (secondary N) is 2. The molecule has 0 aliphatic heterocycles. The number of aromatic nitrogens is 1. The molecule has 0 saturated heterocycles. The zero-order valence-electron chi connectivity index (χ0n) is 16.0. The molecule has 7 nitrogen and oxygen atoms in total. The number of anilines is 2. The van der Waals surface area contributed by atoms with Crippen molar-refractivity contribution in [3.63, 3.8) is 0 Å². The van der Waals surface area contributed by atoms with E-state index >= 15 is 0 Å². The minimum Gasteiger partial charge on any atom is -0.468 e. The van der Waals surface area contributed by atoms with Crippen molar-refractivity contribution >= 4 is 61.9 Å². The van der Waals surface area contributed by atoms with Crippen LogP contribution in [-0.2, 0) is 14.3 Å². The third-order valence-electron chi connectivity index (χ3n) is 3.90. The van der Waals surface area contributed by atoms with Crippen molar-refractivity contribution in [2.45, 2.75) is 24.0 Å². The van der Waals surface area contributed by atoms with Gasteiger partial charge < -0.3 is 10.1 Å². The fraction of sp³-hybridized carbons (Fsp3) is 0.200. The molecule has 0 bridgehead atoms. The predicted octanol–water partition coefficient (Wildman–Crippen LogP) is 4.16. The van der Waals surface area contributed by atoms with Crippen molar-refractivity contribution in [3.8, 4) is 0 Å². The maximum atomic E-state index is 12.8. The van der Waals surface area contributed by atoms with Crippen molar-refractivity contribution in [1.82, 2.24) is 4.98 Å². The van der Waals surface area contributed by atoms with Gasteiger partial charge in [0.25, 0.3) is 5.91 Å². The fourth-order valence-electron chi connectivity index (χ4n) is 2.59. The van der Waals surface area contributed by atoms with E-state index in [1.165, 1.54) is 37.1 Å². The molecule has 9 heteroatoms. The quantitative estimate of drug-likeness (QED) is 0.451. The number of ether oxygens (including phenoxy) is 1. The second-order valence-electron chi connectivity index (χ2n) is 6.12. The van der Waals surface area contributed by atoms with Gasteiger partial charge in [-0.15, -0.1) is 11.8 Å². The summed E-state index contributed by atoms with van der Waals surface area (Å²) in [6, 6.07) is 12.4. The molecule has 0 fully saturated rings. The summed E-state index contributed by atoms with van der Waals surface area (Å²) < 4.78 is 5.59. The SMILES string of the molecule is COC(=O)C(C)Sc1ccccc1C(=O)Nc1nc2ccc(NC(C)=O)cc2s1. The molecule has 2 aromatic carbocycles. The Labute approximate surface area is 175 Å². The Balaban J connectivity index is 1.80. The van der Waals surface area contributed by atoms with Gasteiger partial charge in [0.15, 0.2) is 5.13 Å². The molecule has 1 atom stereocenters. The Hall–Kier alpha value is -2.91. The van der Waals surface area contributed by atoms with Gasteiger partial charge in [-0.1, -0.05) is 23.5 Å². The maximum absolute atomic E-state index is 12.8. The van der Waals surface area contributed by atoms with Gasteiger partial charge in [0, 0.05) is 17.5 Å². The monoisotopic (exact) mass is 429 g/mol. The largest absolute Gasteiger partial charge is 0.468 e. The molecule has 0 radical (unpaired) electrons. The Kier molecular flexibility index (Phi) is 6.50. The van der Waals surface area contributed by atoms with Gasteiger partial charge in [-0.25, -0.2) is 4.98 Å². The Morgan fingerprint density at radius 3 is 2.62 bits per heavy atom. The molecule has 1 aromatic heterocycles. The fourth-order valence-corrected chi connectivity index (χ4v) is 4.50. The number of thiazole rings is 1. The van der Waals surface area contributed by atoms with Crippen molar-refractivity contribution in [1.29, 1.82) is 0 Å². The zero-order valence-corrected chi connectivity index (χ0v) is 17.6. The first-order valence-electron chi connectivity index (χ1n) is 8.70. The van der Waals surface area contributed by atoms with Gasteiger partial charge in [-0.2, -0.15) is 0 Å². The summed E-state index contributed by atoms with van der Waals surface area (Å²) in [5, 5.41) is 5.55. The smallest absolute Gasteiger partial charge is 0.318 e. The van der Waals surface area contributed by atoms with Crippen molar-refractivity contribution < 1.29 is 19.1 Å². The average molecular weight is 430 g/mol. The molecule has 0 aliphatic carbocycles. The topological polar surface area (TPSA) is 97.4 Å². The Morgan fingerprint density at radius 2 is 1.90 bits per heavy atom. The van der Waals surface area contributed by atoms with Gasteiger partial charge in [-0.3, -0.25) is 19.7 Å². The second kappa shape index (κ2) is 9.06. The summed E-state index contributed by atoms with van der Waals surface area (Å²) >= 11 is 2.58. The summed E-state index contributed by atoms with van der Waals surface area (Å²) in [5.41, 5.74) is 1.85. The summed E-state index contributed by atoms with van der Waals surface area (Å²) in [5.74, 6) is -0.824. The van der Waals surface area contributed by atoms with E-state index in [4.69, 9.17) is 4.74 Å². The standard InChI is InChI=1S/C20H19N3O4S2/c1-11(19(26)27-3)28-16-7-5-4-6-14(16)18(25)23-20-22-15-9-8-13(21-12(2)24)10-17(15)29-20/h4-11H,1-3H3,(H,21,24)(H,22,23,25). The van der Waals surface area contributed by atoms with Crippen molar-refractivity contribution in [2.75, 3.05) is 17.7 Å². The van der Waals surface area contributed by atoms with Gasteiger partial charge in [0.05, 0.1) is 22.9 Å². The molecule has 2 N–H and O–H groups in total. The summed E-state index contributed by atoms with van der Waals surface area (Å²) in [7, 11) is 1.34. The van der Waals surface area contributed by atoms with E-state index in [1.54, 1.807) is 37.3 Å². The number of fused-ring (bicyclic) bond motifs is 1. The molecule has 0 aliphatic rings. The van der Waals surface area contributed by atoms with Crippen LogP contribution in [0.2, 0.25) is 0 Å². The molecule has 2 amide bonds. The number of carbonyl (C=O) groups is 3. The number of benzene rings is 2. The van der Waals surface area contributed by atoms with Crippen LogP contribution in [0, 0.1) is 0 Å². The first-order valence-corrected chi connectivity index (χ1v) is 10.4. The summed E-state index contributed by atoms with van der Waals surface area (Å²) in [6.45, 7) is 3.17. The van der Waals surface area contributed by atoms with Crippen LogP contribution in [0.3, 0.4) is 0 Å². The van der Waals surface area contributed by atoms with Gasteiger partial charge in [-0.05, 0) is 37.3 Å². The Morgan fingerprint density at radius 1 is 1.14 bits per heavy atom. The summed E-state index contributed by atoms with van der Waals surface area (Å²) in [4.78, 5) is 40.8. The normalized spacial score (nSPS) is 11.7. The molecule has 3 rings (SSSR count). The highest BCUT2D eigenvalue weighted by molar-refractivity contribution is 8.00. The molecule has 3 aromatic rings. The van der Waals surface area contributed by atoms with E-state index in [2.05, 4.69) is 15.6 Å². The average Bonchev–Trinajstić information content (AvgIpc) is 3.08. The summed E-state index contributed by atoms with van der Waals surface area (Å²) in [6.07, 6.45) is 0. The van der Waals surface area contributed by atoms with E-state index in [0.717, 1.165) is 10.2 Å². The first-order chi connectivity index (χ1) is 13.9. The van der Waals surface area contributed by atoms with Crippen LogP contribution in [0.25, 0.3) is 10.2 Å². The van der Waals surface area contributed by atoms with E-state index < -0.39 is 5.25 Å². The molecule has 150 valence electrons. The number of rotatable bonds is 6. The third kappa shape index (κ3) is 5.12. The predicted molar refractivity (Wildman–Crippen MR) is 116 cm³/mol. The molecule has 1 heterocycles. The van der Waals surface area contributed by atoms with Crippen LogP contribution < -0.4 is 10.6 Å². The van der Waals surface area contributed by atoms with E-state index in [1.807, 2.05) is 12.1 Å². The van der Waals surface area contributed by atoms with Crippen LogP contribution in [0.4, 0.5) is 10.8 Å². The lowest BCUT2D eigenvalue weighted by Gasteiger charge is -2.12. The van der Waals surface area contributed by atoms with Crippen LogP contribution in [-0.4, -0.2) is 35.1 Å². The van der Waals surface area contributed by atoms with Crippen LogP contribution in [0.1, 0.15) is 24.2 Å². The molecule has 0 saturated carbocycles. The van der Waals surface area contributed by atoms with Crippen LogP contribution >= 0.6 is 23.1 Å². The van der Waals surface area contributed by atoms with E-state index in [0.29, 0.717) is 21.3 Å². The van der Waals surface area contributed by atoms with Gasteiger partial charge in [0.1, 0.15) is 5.25 Å². The molecular formula is C20H19N3O4S2. The first kappa shape index (κ1) is 20.8. The lowest BCUT2D eigenvalue weighted by atomic mass is 10.2. The van der Waals surface area contributed by atoms with Crippen LogP contribution in [0.15, 0.2) is 47.4 Å². The highest BCUT2D eigenvalue weighted by Crippen LogP contribution is 2.31. The number of hydrogen-bond donors (Lipinski definition) is 2. The number of methoxy groups -OCH3 is 1. The van der Waals surface area contributed by atoms with E-state index in [-0.39, 0.29) is 17.8 Å². The second-order valence-corrected chi connectivity index (χ2v) is 8.53. The van der Waals surface area contributed by atoms with Gasteiger partial charge in [0.2, 0.25) is 5.91 Å². The van der Waals surface area contributed by atoms with Crippen LogP contribution in [0.5, 0.6) is 0 Å². The molecule has 1 unspecified atom stereocenters. The number of thioether (sulfide) groups is 1. The number of esters is 1.